The van der Waals surface area contributed by atoms with E-state index >= 15 is 0 Å². The minimum Gasteiger partial charge on any atom is -0.337 e. The summed E-state index contributed by atoms with van der Waals surface area (Å²) in [6.45, 7) is 9.63. The molecule has 2 heterocycles. The molecule has 4 nitrogen and oxygen atoms in total. The van der Waals surface area contributed by atoms with Gasteiger partial charge in [0.1, 0.15) is 0 Å². The van der Waals surface area contributed by atoms with Gasteiger partial charge >= 0.3 is 0 Å². The van der Waals surface area contributed by atoms with Crippen LogP contribution in [0.3, 0.4) is 0 Å². The fraction of sp³-hybridized carbons (Fsp3) is 0.435. The number of amides is 1. The van der Waals surface area contributed by atoms with Crippen molar-refractivity contribution in [3.05, 3.63) is 47.5 Å². The molecule has 0 bridgehead atoms. The molecule has 0 spiro atoms. The van der Waals surface area contributed by atoms with E-state index in [1.54, 1.807) is 11.8 Å². The first-order valence-electron chi connectivity index (χ1n) is 10.2. The van der Waals surface area contributed by atoms with Gasteiger partial charge in [-0.1, -0.05) is 35.5 Å². The molecule has 1 saturated heterocycles. The second kappa shape index (κ2) is 7.62. The molecule has 1 amide bonds. The Labute approximate surface area is 182 Å². The number of anilines is 2. The van der Waals surface area contributed by atoms with Gasteiger partial charge < -0.3 is 10.6 Å². The smallest absolute Gasteiger partial charge is 0.286 e. The molecule has 2 aliphatic heterocycles. The van der Waals surface area contributed by atoms with Crippen LogP contribution in [0.15, 0.2) is 52.3 Å². The Kier molecular flexibility index (Phi) is 5.45. The highest BCUT2D eigenvalue weighted by molar-refractivity contribution is 7.99. The first kappa shape index (κ1) is 20.7. The number of piperidine rings is 1. The van der Waals surface area contributed by atoms with Gasteiger partial charge in [-0.05, 0) is 58.0 Å². The lowest BCUT2D eigenvalue weighted by Crippen LogP contribution is -3.09. The van der Waals surface area contributed by atoms with Crippen molar-refractivity contribution in [1.82, 2.24) is 0 Å². The lowest BCUT2D eigenvalue weighted by molar-refractivity contribution is -0.812. The van der Waals surface area contributed by atoms with Crippen LogP contribution >= 0.6 is 23.4 Å². The van der Waals surface area contributed by atoms with Gasteiger partial charge in [-0.3, -0.25) is 9.69 Å². The molecule has 0 radical (unpaired) electrons. The van der Waals surface area contributed by atoms with Crippen molar-refractivity contribution in [3.8, 4) is 0 Å². The molecule has 154 valence electrons. The van der Waals surface area contributed by atoms with E-state index in [1.165, 1.54) is 0 Å². The van der Waals surface area contributed by atoms with E-state index in [4.69, 9.17) is 11.6 Å². The zero-order valence-corrected chi connectivity index (χ0v) is 19.1. The first-order chi connectivity index (χ1) is 13.6. The van der Waals surface area contributed by atoms with Crippen LogP contribution < -0.4 is 15.5 Å². The number of hydrogen-bond donors (Lipinski definition) is 2. The maximum absolute atomic E-state index is 13.4. The molecule has 0 aromatic heterocycles. The summed E-state index contributed by atoms with van der Waals surface area (Å²) in [6, 6.07) is 14.3. The van der Waals surface area contributed by atoms with Gasteiger partial charge in [0.25, 0.3) is 5.91 Å². The molecule has 4 rings (SSSR count). The zero-order valence-electron chi connectivity index (χ0n) is 17.5. The van der Waals surface area contributed by atoms with Gasteiger partial charge in [0, 0.05) is 14.8 Å². The molecule has 2 aromatic carbocycles. The SMILES string of the molecule is CC1(C)CC([NH2+]CC(=O)N2c3ccccc3Sc3ccc(Cl)cc32)CC(C)(C)[NH2+]1. The summed E-state index contributed by atoms with van der Waals surface area (Å²) in [5.41, 5.74) is 2.22. The van der Waals surface area contributed by atoms with Gasteiger partial charge in [-0.2, -0.15) is 0 Å². The number of fused-ring (bicyclic) bond motifs is 2. The second-order valence-corrected chi connectivity index (χ2v) is 11.2. The molecule has 1 fully saturated rings. The number of nitrogens with two attached hydrogens (primary N) is 2. The summed E-state index contributed by atoms with van der Waals surface area (Å²) >= 11 is 7.97. The molecule has 0 unspecified atom stereocenters. The van der Waals surface area contributed by atoms with Crippen LogP contribution in [-0.2, 0) is 4.79 Å². The fourth-order valence-corrected chi connectivity index (χ4v) is 6.33. The lowest BCUT2D eigenvalue weighted by atomic mass is 9.79. The second-order valence-electron chi connectivity index (χ2n) is 9.64. The fourth-order valence-electron chi connectivity index (χ4n) is 5.12. The summed E-state index contributed by atoms with van der Waals surface area (Å²) < 4.78 is 0. The number of benzene rings is 2. The first-order valence-corrected chi connectivity index (χ1v) is 11.4. The molecule has 4 N–H and O–H groups in total. The summed E-state index contributed by atoms with van der Waals surface area (Å²) in [4.78, 5) is 17.5. The highest BCUT2D eigenvalue weighted by Crippen LogP contribution is 2.48. The van der Waals surface area contributed by atoms with Gasteiger partial charge in [0.15, 0.2) is 6.54 Å². The summed E-state index contributed by atoms with van der Waals surface area (Å²) in [7, 11) is 0. The Morgan fingerprint density at radius 3 is 2.48 bits per heavy atom. The molecule has 0 aliphatic carbocycles. The number of rotatable bonds is 3. The minimum atomic E-state index is 0.103. The maximum atomic E-state index is 13.4. The summed E-state index contributed by atoms with van der Waals surface area (Å²) in [6.07, 6.45) is 2.19. The number of nitrogens with zero attached hydrogens (tertiary/aromatic N) is 1. The molecule has 0 atom stereocenters. The number of hydrogen-bond acceptors (Lipinski definition) is 2. The average Bonchev–Trinajstić information content (AvgIpc) is 2.62. The quantitative estimate of drug-likeness (QED) is 0.783. The van der Waals surface area contributed by atoms with Crippen molar-refractivity contribution in [1.29, 1.82) is 0 Å². The van der Waals surface area contributed by atoms with E-state index in [0.29, 0.717) is 17.6 Å². The highest BCUT2D eigenvalue weighted by atomic mass is 35.5. The van der Waals surface area contributed by atoms with E-state index in [-0.39, 0.29) is 17.0 Å². The summed E-state index contributed by atoms with van der Waals surface area (Å²) in [5, 5.41) is 5.37. The number of para-hydroxylation sites is 1. The van der Waals surface area contributed by atoms with Crippen LogP contribution in [0.4, 0.5) is 11.4 Å². The van der Waals surface area contributed by atoms with E-state index < -0.39 is 0 Å². The molecule has 2 aromatic rings. The van der Waals surface area contributed by atoms with Crippen molar-refractivity contribution in [3.63, 3.8) is 0 Å². The molecule has 29 heavy (non-hydrogen) atoms. The van der Waals surface area contributed by atoms with Crippen LogP contribution in [0.1, 0.15) is 40.5 Å². The number of quaternary nitrogens is 2. The van der Waals surface area contributed by atoms with Crippen LogP contribution in [0, 0.1) is 0 Å². The topological polar surface area (TPSA) is 53.5 Å². The Morgan fingerprint density at radius 1 is 1.10 bits per heavy atom. The Bertz CT molecular complexity index is 927. The Balaban J connectivity index is 1.57. The molecule has 2 aliphatic rings. The largest absolute Gasteiger partial charge is 0.337 e. The predicted octanol–water partition coefficient (Wildman–Crippen LogP) is 3.32. The summed E-state index contributed by atoms with van der Waals surface area (Å²) in [5.74, 6) is 0.103. The van der Waals surface area contributed by atoms with Crippen LogP contribution in [0.25, 0.3) is 0 Å². The molecular weight excluding hydrogens is 402 g/mol. The van der Waals surface area contributed by atoms with Crippen molar-refractivity contribution in [2.75, 3.05) is 11.4 Å². The van der Waals surface area contributed by atoms with Crippen LogP contribution in [0.2, 0.25) is 5.02 Å². The molecule has 6 heteroatoms. The molecule has 0 saturated carbocycles. The normalized spacial score (nSPS) is 20.1. The van der Waals surface area contributed by atoms with Crippen LogP contribution in [-0.4, -0.2) is 29.6 Å². The number of halogens is 1. The van der Waals surface area contributed by atoms with Crippen molar-refractivity contribution in [2.45, 2.75) is 67.4 Å². The Hall–Kier alpha value is -1.53. The number of carbonyl (C=O) groups is 1. The molecular formula is C23H30ClN3OS+2. The average molecular weight is 432 g/mol. The van der Waals surface area contributed by atoms with Gasteiger partial charge in [-0.15, -0.1) is 0 Å². The van der Waals surface area contributed by atoms with Crippen molar-refractivity contribution < 1.29 is 15.4 Å². The monoisotopic (exact) mass is 431 g/mol. The third-order valence-corrected chi connectivity index (χ3v) is 7.09. The zero-order chi connectivity index (χ0) is 20.8. The van der Waals surface area contributed by atoms with Crippen molar-refractivity contribution >= 4 is 40.6 Å². The third kappa shape index (κ3) is 4.48. The van der Waals surface area contributed by atoms with Crippen LogP contribution in [0.5, 0.6) is 0 Å². The third-order valence-electron chi connectivity index (χ3n) is 5.72. The number of carbonyl (C=O) groups excluding carboxylic acids is 1. The van der Waals surface area contributed by atoms with Crippen molar-refractivity contribution in [2.24, 2.45) is 0 Å². The van der Waals surface area contributed by atoms with E-state index in [1.807, 2.05) is 41.3 Å². The van der Waals surface area contributed by atoms with E-state index in [0.717, 1.165) is 34.0 Å². The lowest BCUT2D eigenvalue weighted by Gasteiger charge is -2.41. The van der Waals surface area contributed by atoms with Gasteiger partial charge in [0.2, 0.25) is 0 Å². The van der Waals surface area contributed by atoms with E-state index in [2.05, 4.69) is 44.4 Å². The van der Waals surface area contributed by atoms with E-state index in [9.17, 15) is 4.79 Å². The Morgan fingerprint density at radius 2 is 1.76 bits per heavy atom. The van der Waals surface area contributed by atoms with Gasteiger partial charge in [-0.25, -0.2) is 0 Å². The predicted molar refractivity (Wildman–Crippen MR) is 119 cm³/mol. The highest BCUT2D eigenvalue weighted by Gasteiger charge is 2.43. The standard InChI is InChI=1S/C23H28ClN3OS/c1-22(2)12-16(13-23(3,4)26-22)25-14-21(28)27-17-7-5-6-8-19(17)29-20-10-9-15(24)11-18(20)27/h5-11,16,25-26H,12-14H2,1-4H3/p+2. The minimum absolute atomic E-state index is 0.103. The van der Waals surface area contributed by atoms with Gasteiger partial charge in [0.05, 0.1) is 41.3 Å². The maximum Gasteiger partial charge on any atom is 0.286 e.